The first-order valence-corrected chi connectivity index (χ1v) is 9.26. The second-order valence-electron chi connectivity index (χ2n) is 7.84. The molecule has 1 amide bonds. The molecule has 0 aromatic heterocycles. The topological polar surface area (TPSA) is 43.1 Å². The van der Waals surface area contributed by atoms with Crippen molar-refractivity contribution >= 4 is 5.91 Å². The molecule has 2 aromatic rings. The van der Waals surface area contributed by atoms with E-state index in [1.54, 1.807) is 0 Å². The minimum absolute atomic E-state index is 0.138. The fourth-order valence-electron chi connectivity index (χ4n) is 3.42. The highest BCUT2D eigenvalue weighted by Crippen LogP contribution is 2.39. The van der Waals surface area contributed by atoms with Crippen molar-refractivity contribution < 1.29 is 4.79 Å². The third-order valence-electron chi connectivity index (χ3n) is 5.28. The molecule has 134 valence electrons. The molecule has 0 aliphatic carbocycles. The molecule has 2 aromatic carbocycles. The number of rotatable bonds is 8. The van der Waals surface area contributed by atoms with Crippen LogP contribution in [0.2, 0.25) is 0 Å². The summed E-state index contributed by atoms with van der Waals surface area (Å²) in [6.45, 7) is 8.37. The molecule has 0 fully saturated rings. The molecular weight excluding hydrogens is 306 g/mol. The summed E-state index contributed by atoms with van der Waals surface area (Å²) in [5.74, 6) is 0.452. The molecule has 0 aliphatic rings. The minimum atomic E-state index is -0.554. The van der Waals surface area contributed by atoms with Crippen molar-refractivity contribution in [2.45, 2.75) is 58.8 Å². The number of benzene rings is 2. The van der Waals surface area contributed by atoms with Crippen LogP contribution in [0.25, 0.3) is 0 Å². The summed E-state index contributed by atoms with van der Waals surface area (Å²) >= 11 is 0. The van der Waals surface area contributed by atoms with Gasteiger partial charge < -0.3 is 5.73 Å². The number of carbonyl (C=O) groups is 1. The Morgan fingerprint density at radius 1 is 1.00 bits per heavy atom. The Balaban J connectivity index is 2.11. The zero-order chi connectivity index (χ0) is 18.4. The van der Waals surface area contributed by atoms with Crippen LogP contribution < -0.4 is 5.73 Å². The first-order valence-electron chi connectivity index (χ1n) is 9.26. The van der Waals surface area contributed by atoms with Crippen molar-refractivity contribution in [3.8, 4) is 0 Å². The maximum Gasteiger partial charge on any atom is 0.223 e. The van der Waals surface area contributed by atoms with Crippen molar-refractivity contribution in [2.75, 3.05) is 0 Å². The maximum absolute atomic E-state index is 12.0. The highest BCUT2D eigenvalue weighted by Gasteiger charge is 2.35. The number of hydrogen-bond acceptors (Lipinski definition) is 1. The number of nitrogens with two attached hydrogens (primary N) is 1. The van der Waals surface area contributed by atoms with Crippen molar-refractivity contribution in [3.63, 3.8) is 0 Å². The average molecular weight is 338 g/mol. The van der Waals surface area contributed by atoms with Gasteiger partial charge in [-0.25, -0.2) is 0 Å². The Hall–Kier alpha value is -2.09. The summed E-state index contributed by atoms with van der Waals surface area (Å²) in [6, 6.07) is 19.1. The van der Waals surface area contributed by atoms with Crippen LogP contribution in [0.1, 0.15) is 69.1 Å². The molecule has 0 heterocycles. The van der Waals surface area contributed by atoms with E-state index in [0.29, 0.717) is 5.92 Å². The Labute approximate surface area is 152 Å². The van der Waals surface area contributed by atoms with E-state index in [-0.39, 0.29) is 11.8 Å². The predicted molar refractivity (Wildman–Crippen MR) is 106 cm³/mol. The lowest BCUT2D eigenvalue weighted by Gasteiger charge is -2.32. The van der Waals surface area contributed by atoms with Gasteiger partial charge in [-0.3, -0.25) is 4.79 Å². The van der Waals surface area contributed by atoms with Crippen LogP contribution in [0.4, 0.5) is 0 Å². The van der Waals surface area contributed by atoms with Crippen LogP contribution in [-0.2, 0) is 11.2 Å². The van der Waals surface area contributed by atoms with Gasteiger partial charge in [0.25, 0.3) is 0 Å². The molecule has 0 bridgehead atoms. The minimum Gasteiger partial charge on any atom is -0.369 e. The normalized spacial score (nSPS) is 13.0. The van der Waals surface area contributed by atoms with Gasteiger partial charge in [0, 0.05) is 0 Å². The largest absolute Gasteiger partial charge is 0.369 e. The highest BCUT2D eigenvalue weighted by molar-refractivity contribution is 5.81. The van der Waals surface area contributed by atoms with Crippen LogP contribution in [0, 0.1) is 5.41 Å². The zero-order valence-electron chi connectivity index (χ0n) is 16.0. The fourth-order valence-corrected chi connectivity index (χ4v) is 3.42. The standard InChI is InChI=1S/C23H31NO/c1-17(2)20-14-8-10-18(16-20)11-9-15-21(23(3,4)22(24)25)19-12-6-5-7-13-19/h5-8,10,12-14,16-17,21H,9,11,15H2,1-4H3,(H2,24,25). The molecular formula is C23H31NO. The molecule has 2 rings (SSSR count). The first kappa shape index (κ1) is 19.2. The molecule has 2 heteroatoms. The highest BCUT2D eigenvalue weighted by atomic mass is 16.1. The average Bonchev–Trinajstić information content (AvgIpc) is 2.59. The molecule has 25 heavy (non-hydrogen) atoms. The Morgan fingerprint density at radius 2 is 1.64 bits per heavy atom. The van der Waals surface area contributed by atoms with E-state index in [1.165, 1.54) is 16.7 Å². The number of amides is 1. The summed E-state index contributed by atoms with van der Waals surface area (Å²) in [6.07, 6.45) is 3.02. The van der Waals surface area contributed by atoms with Gasteiger partial charge in [-0.2, -0.15) is 0 Å². The second-order valence-corrected chi connectivity index (χ2v) is 7.84. The van der Waals surface area contributed by atoms with Crippen LogP contribution in [0.15, 0.2) is 54.6 Å². The van der Waals surface area contributed by atoms with Gasteiger partial charge in [-0.05, 0) is 47.8 Å². The molecule has 0 saturated carbocycles. The summed E-state index contributed by atoms with van der Waals surface area (Å²) in [7, 11) is 0. The van der Waals surface area contributed by atoms with Gasteiger partial charge in [-0.1, -0.05) is 82.3 Å². The molecule has 2 N–H and O–H groups in total. The van der Waals surface area contributed by atoms with Gasteiger partial charge in [0.1, 0.15) is 0 Å². The van der Waals surface area contributed by atoms with Crippen LogP contribution in [0.5, 0.6) is 0 Å². The van der Waals surface area contributed by atoms with Crippen LogP contribution >= 0.6 is 0 Å². The Bertz CT molecular complexity index is 688. The second kappa shape index (κ2) is 8.33. The Morgan fingerprint density at radius 3 is 2.24 bits per heavy atom. The van der Waals surface area contributed by atoms with E-state index >= 15 is 0 Å². The van der Waals surface area contributed by atoms with Crippen molar-refractivity contribution in [2.24, 2.45) is 11.1 Å². The lowest BCUT2D eigenvalue weighted by atomic mass is 9.72. The third kappa shape index (κ3) is 4.94. The molecule has 0 aliphatic heterocycles. The predicted octanol–water partition coefficient (Wildman–Crippen LogP) is 5.43. The summed E-state index contributed by atoms with van der Waals surface area (Å²) in [4.78, 5) is 12.0. The van der Waals surface area contributed by atoms with Gasteiger partial charge in [-0.15, -0.1) is 0 Å². The molecule has 1 atom stereocenters. The fraction of sp³-hybridized carbons (Fsp3) is 0.435. The Kier molecular flexibility index (Phi) is 6.41. The molecule has 1 unspecified atom stereocenters. The molecule has 0 radical (unpaired) electrons. The van der Waals surface area contributed by atoms with Crippen LogP contribution in [-0.4, -0.2) is 5.91 Å². The van der Waals surface area contributed by atoms with Crippen molar-refractivity contribution in [1.29, 1.82) is 0 Å². The molecule has 0 spiro atoms. The zero-order valence-corrected chi connectivity index (χ0v) is 16.0. The van der Waals surface area contributed by atoms with E-state index in [1.807, 2.05) is 32.0 Å². The van der Waals surface area contributed by atoms with Gasteiger partial charge in [0.05, 0.1) is 5.41 Å². The maximum atomic E-state index is 12.0. The van der Waals surface area contributed by atoms with E-state index in [4.69, 9.17) is 5.73 Å². The monoisotopic (exact) mass is 337 g/mol. The summed E-state index contributed by atoms with van der Waals surface area (Å²) in [5, 5.41) is 0. The van der Waals surface area contributed by atoms with E-state index in [0.717, 1.165) is 19.3 Å². The SMILES string of the molecule is CC(C)c1cccc(CCCC(c2ccccc2)C(C)(C)C(N)=O)c1. The number of primary amides is 1. The summed E-state index contributed by atoms with van der Waals surface area (Å²) in [5.41, 5.74) is 9.10. The first-order chi connectivity index (χ1) is 11.8. The summed E-state index contributed by atoms with van der Waals surface area (Å²) < 4.78 is 0. The number of hydrogen-bond donors (Lipinski definition) is 1. The van der Waals surface area contributed by atoms with Gasteiger partial charge >= 0.3 is 0 Å². The molecule has 2 nitrogen and oxygen atoms in total. The van der Waals surface area contributed by atoms with Crippen molar-refractivity contribution in [3.05, 3.63) is 71.3 Å². The lowest BCUT2D eigenvalue weighted by molar-refractivity contribution is -0.127. The van der Waals surface area contributed by atoms with E-state index in [2.05, 4.69) is 50.2 Å². The van der Waals surface area contributed by atoms with E-state index in [9.17, 15) is 4.79 Å². The van der Waals surface area contributed by atoms with Gasteiger partial charge in [0.15, 0.2) is 0 Å². The van der Waals surface area contributed by atoms with Gasteiger partial charge in [0.2, 0.25) is 5.91 Å². The number of aryl methyl sites for hydroxylation is 1. The quantitative estimate of drug-likeness (QED) is 0.686. The lowest BCUT2D eigenvalue weighted by Crippen LogP contribution is -2.37. The number of carbonyl (C=O) groups excluding carboxylic acids is 1. The van der Waals surface area contributed by atoms with Crippen molar-refractivity contribution in [1.82, 2.24) is 0 Å². The smallest absolute Gasteiger partial charge is 0.223 e. The van der Waals surface area contributed by atoms with Crippen LogP contribution in [0.3, 0.4) is 0 Å². The molecule has 0 saturated heterocycles. The third-order valence-corrected chi connectivity index (χ3v) is 5.28. The van der Waals surface area contributed by atoms with E-state index < -0.39 is 5.41 Å².